The van der Waals surface area contributed by atoms with E-state index in [1.165, 1.54) is 17.2 Å². The van der Waals surface area contributed by atoms with Crippen LogP contribution in [0.3, 0.4) is 0 Å². The molecule has 2 nitrogen and oxygen atoms in total. The van der Waals surface area contributed by atoms with E-state index < -0.39 is 0 Å². The molecule has 0 aromatic heterocycles. The molecule has 1 unspecified atom stereocenters. The van der Waals surface area contributed by atoms with E-state index in [0.717, 1.165) is 11.1 Å². The molecule has 102 valence electrons. The van der Waals surface area contributed by atoms with Gasteiger partial charge in [0.15, 0.2) is 0 Å². The number of hydrogen-bond acceptors (Lipinski definition) is 1. The van der Waals surface area contributed by atoms with Crippen LogP contribution in [0.4, 0.5) is 0 Å². The van der Waals surface area contributed by atoms with E-state index in [2.05, 4.69) is 37.9 Å². The van der Waals surface area contributed by atoms with Crippen molar-refractivity contribution >= 4 is 5.91 Å². The van der Waals surface area contributed by atoms with E-state index >= 15 is 0 Å². The Bertz CT molecular complexity index is 617. The van der Waals surface area contributed by atoms with Crippen LogP contribution in [-0.4, -0.2) is 5.91 Å². The molecular formula is C18H19NO. The third kappa shape index (κ3) is 2.97. The predicted molar refractivity (Wildman–Crippen MR) is 82.5 cm³/mol. The lowest BCUT2D eigenvalue weighted by atomic mass is 9.92. The quantitative estimate of drug-likeness (QED) is 0.839. The topological polar surface area (TPSA) is 29.1 Å². The molecule has 1 amide bonds. The highest BCUT2D eigenvalue weighted by atomic mass is 16.1. The first kappa shape index (κ1) is 14.1. The van der Waals surface area contributed by atoms with Crippen LogP contribution in [0.15, 0.2) is 61.2 Å². The number of carbonyl (C=O) groups is 1. The second-order valence-electron chi connectivity index (χ2n) is 4.85. The highest BCUT2D eigenvalue weighted by Gasteiger charge is 2.17. The van der Waals surface area contributed by atoms with Gasteiger partial charge in [0.05, 0.1) is 6.04 Å². The molecule has 20 heavy (non-hydrogen) atoms. The Labute approximate surface area is 120 Å². The van der Waals surface area contributed by atoms with E-state index in [1.807, 2.05) is 36.4 Å². The summed E-state index contributed by atoms with van der Waals surface area (Å²) in [7, 11) is 0. The fourth-order valence-electron chi connectivity index (χ4n) is 2.27. The SMILES string of the molecule is C=CC(=O)NC(c1ccccc1)c1cccc(C)c1C. The van der Waals surface area contributed by atoms with Crippen LogP contribution in [0.25, 0.3) is 0 Å². The van der Waals surface area contributed by atoms with Crippen molar-refractivity contribution in [1.29, 1.82) is 0 Å². The average molecular weight is 265 g/mol. The molecule has 1 N–H and O–H groups in total. The molecule has 2 heteroatoms. The maximum absolute atomic E-state index is 11.7. The molecule has 2 rings (SSSR count). The van der Waals surface area contributed by atoms with Gasteiger partial charge in [-0.1, -0.05) is 55.1 Å². The second-order valence-corrected chi connectivity index (χ2v) is 4.85. The van der Waals surface area contributed by atoms with E-state index in [-0.39, 0.29) is 11.9 Å². The van der Waals surface area contributed by atoms with Crippen molar-refractivity contribution < 1.29 is 4.79 Å². The van der Waals surface area contributed by atoms with E-state index in [9.17, 15) is 4.79 Å². The molecular weight excluding hydrogens is 246 g/mol. The molecule has 0 aliphatic rings. The van der Waals surface area contributed by atoms with Crippen LogP contribution in [-0.2, 0) is 4.79 Å². The van der Waals surface area contributed by atoms with Crippen molar-refractivity contribution in [3.63, 3.8) is 0 Å². The fraction of sp³-hybridized carbons (Fsp3) is 0.167. The van der Waals surface area contributed by atoms with Crippen LogP contribution >= 0.6 is 0 Å². The number of carbonyl (C=O) groups excluding carboxylic acids is 1. The Morgan fingerprint density at radius 3 is 2.45 bits per heavy atom. The van der Waals surface area contributed by atoms with Gasteiger partial charge in [-0.2, -0.15) is 0 Å². The van der Waals surface area contributed by atoms with Crippen LogP contribution in [0.2, 0.25) is 0 Å². The molecule has 0 saturated carbocycles. The summed E-state index contributed by atoms with van der Waals surface area (Å²) < 4.78 is 0. The van der Waals surface area contributed by atoms with Gasteiger partial charge in [-0.3, -0.25) is 4.79 Å². The molecule has 0 aliphatic carbocycles. The number of hydrogen-bond donors (Lipinski definition) is 1. The van der Waals surface area contributed by atoms with Crippen LogP contribution < -0.4 is 5.32 Å². The first-order valence-corrected chi connectivity index (χ1v) is 6.67. The lowest BCUT2D eigenvalue weighted by molar-refractivity contribution is -0.116. The monoisotopic (exact) mass is 265 g/mol. The summed E-state index contributed by atoms with van der Waals surface area (Å²) in [5, 5.41) is 3.01. The molecule has 0 radical (unpaired) electrons. The van der Waals surface area contributed by atoms with Crippen LogP contribution in [0, 0.1) is 13.8 Å². The summed E-state index contributed by atoms with van der Waals surface area (Å²) >= 11 is 0. The van der Waals surface area contributed by atoms with Crippen molar-refractivity contribution in [2.45, 2.75) is 19.9 Å². The standard InChI is InChI=1S/C18H19NO/c1-4-17(20)19-18(15-10-6-5-7-11-15)16-12-8-9-13(2)14(16)3/h4-12,18H,1H2,2-3H3,(H,19,20). The molecule has 1 atom stereocenters. The Hall–Kier alpha value is -2.35. The molecule has 2 aromatic rings. The minimum atomic E-state index is -0.167. The van der Waals surface area contributed by atoms with Crippen molar-refractivity contribution in [2.24, 2.45) is 0 Å². The third-order valence-electron chi connectivity index (χ3n) is 3.56. The van der Waals surface area contributed by atoms with Crippen molar-refractivity contribution in [3.8, 4) is 0 Å². The molecule has 0 fully saturated rings. The zero-order chi connectivity index (χ0) is 14.5. The highest BCUT2D eigenvalue weighted by Crippen LogP contribution is 2.26. The average Bonchev–Trinajstić information content (AvgIpc) is 2.48. The van der Waals surface area contributed by atoms with Crippen molar-refractivity contribution in [3.05, 3.63) is 83.4 Å². The van der Waals surface area contributed by atoms with Crippen molar-refractivity contribution in [1.82, 2.24) is 5.32 Å². The molecule has 0 bridgehead atoms. The van der Waals surface area contributed by atoms with Gasteiger partial charge < -0.3 is 5.32 Å². The first-order chi connectivity index (χ1) is 9.63. The van der Waals surface area contributed by atoms with Gasteiger partial charge in [-0.25, -0.2) is 0 Å². The Kier molecular flexibility index (Phi) is 4.36. The van der Waals surface area contributed by atoms with E-state index in [1.54, 1.807) is 0 Å². The number of nitrogens with one attached hydrogen (secondary N) is 1. The Morgan fingerprint density at radius 2 is 1.80 bits per heavy atom. The fourth-order valence-corrected chi connectivity index (χ4v) is 2.27. The minimum absolute atomic E-state index is 0.151. The van der Waals surface area contributed by atoms with E-state index in [4.69, 9.17) is 0 Å². The Balaban J connectivity index is 2.49. The smallest absolute Gasteiger partial charge is 0.244 e. The zero-order valence-electron chi connectivity index (χ0n) is 11.9. The normalized spacial score (nSPS) is 11.7. The van der Waals surface area contributed by atoms with Gasteiger partial charge in [0.25, 0.3) is 0 Å². The molecule has 0 saturated heterocycles. The van der Waals surface area contributed by atoms with E-state index in [0.29, 0.717) is 0 Å². The largest absolute Gasteiger partial charge is 0.342 e. The van der Waals surface area contributed by atoms with Gasteiger partial charge in [0.1, 0.15) is 0 Å². The zero-order valence-corrected chi connectivity index (χ0v) is 11.9. The molecule has 0 heterocycles. The van der Waals surface area contributed by atoms with Gasteiger partial charge in [-0.05, 0) is 42.2 Å². The van der Waals surface area contributed by atoms with Crippen LogP contribution in [0.1, 0.15) is 28.3 Å². The first-order valence-electron chi connectivity index (χ1n) is 6.67. The third-order valence-corrected chi connectivity index (χ3v) is 3.56. The lowest BCUT2D eigenvalue weighted by Gasteiger charge is -2.22. The lowest BCUT2D eigenvalue weighted by Crippen LogP contribution is -2.28. The highest BCUT2D eigenvalue weighted by molar-refractivity contribution is 5.87. The summed E-state index contributed by atoms with van der Waals surface area (Å²) in [4.78, 5) is 11.7. The molecule has 0 aliphatic heterocycles. The van der Waals surface area contributed by atoms with Crippen LogP contribution in [0.5, 0.6) is 0 Å². The summed E-state index contributed by atoms with van der Waals surface area (Å²) in [6.45, 7) is 7.69. The predicted octanol–water partition coefficient (Wildman–Crippen LogP) is 3.70. The summed E-state index contributed by atoms with van der Waals surface area (Å²) in [5.74, 6) is -0.167. The minimum Gasteiger partial charge on any atom is -0.342 e. The number of amides is 1. The molecule has 0 spiro atoms. The van der Waals surface area contributed by atoms with Gasteiger partial charge in [0, 0.05) is 0 Å². The number of aryl methyl sites for hydroxylation is 1. The van der Waals surface area contributed by atoms with Crippen molar-refractivity contribution in [2.75, 3.05) is 0 Å². The Morgan fingerprint density at radius 1 is 1.10 bits per heavy atom. The number of rotatable bonds is 4. The maximum Gasteiger partial charge on any atom is 0.244 e. The molecule has 2 aromatic carbocycles. The number of benzene rings is 2. The van der Waals surface area contributed by atoms with Gasteiger partial charge in [-0.15, -0.1) is 0 Å². The van der Waals surface area contributed by atoms with Gasteiger partial charge >= 0.3 is 0 Å². The van der Waals surface area contributed by atoms with Gasteiger partial charge in [0.2, 0.25) is 5.91 Å². The second kappa shape index (κ2) is 6.20. The summed E-state index contributed by atoms with van der Waals surface area (Å²) in [6, 6.07) is 16.0. The summed E-state index contributed by atoms with van der Waals surface area (Å²) in [6.07, 6.45) is 1.31. The summed E-state index contributed by atoms with van der Waals surface area (Å²) in [5.41, 5.74) is 4.60. The maximum atomic E-state index is 11.7.